The molecule has 0 bridgehead atoms. The molecule has 0 aliphatic carbocycles. The summed E-state index contributed by atoms with van der Waals surface area (Å²) in [5.41, 5.74) is 1.06. The van der Waals surface area contributed by atoms with Gasteiger partial charge in [-0.05, 0) is 39.8 Å². The summed E-state index contributed by atoms with van der Waals surface area (Å²) in [4.78, 5) is 0. The molecule has 16 heavy (non-hydrogen) atoms. The van der Waals surface area contributed by atoms with Gasteiger partial charge in [-0.15, -0.1) is 0 Å². The lowest BCUT2D eigenvalue weighted by Crippen LogP contribution is -2.47. The number of ether oxygens (including phenoxy) is 1. The Labute approximate surface area is 98.0 Å². The summed E-state index contributed by atoms with van der Waals surface area (Å²) in [5, 5.41) is 7.58. The lowest BCUT2D eigenvalue weighted by Gasteiger charge is -2.32. The second kappa shape index (κ2) is 5.46. The maximum Gasteiger partial charge on any atom is 0.0778 e. The average molecular weight is 225 g/mol. The van der Waals surface area contributed by atoms with Crippen LogP contribution in [0.25, 0.3) is 0 Å². The Kier molecular flexibility index (Phi) is 4.50. The van der Waals surface area contributed by atoms with Gasteiger partial charge in [0.1, 0.15) is 0 Å². The predicted octanol–water partition coefficient (Wildman–Crippen LogP) is 1.46. The molecule has 4 nitrogen and oxygen atoms in total. The standard InChI is InChI=1S/C12H23N3O/c1-6-15-9-10(8-14-15)7-11(13-4)12(2,3)16-5/h8-9,11,13H,6-7H2,1-5H3. The van der Waals surface area contributed by atoms with Gasteiger partial charge in [-0.2, -0.15) is 5.10 Å². The van der Waals surface area contributed by atoms with Crippen LogP contribution in [0.3, 0.4) is 0 Å². The summed E-state index contributed by atoms with van der Waals surface area (Å²) in [6, 6.07) is 0.284. The van der Waals surface area contributed by atoms with Crippen molar-refractivity contribution in [3.05, 3.63) is 18.0 Å². The van der Waals surface area contributed by atoms with E-state index in [0.717, 1.165) is 13.0 Å². The highest BCUT2D eigenvalue weighted by Crippen LogP contribution is 2.17. The van der Waals surface area contributed by atoms with E-state index in [4.69, 9.17) is 4.74 Å². The van der Waals surface area contributed by atoms with Gasteiger partial charge in [-0.25, -0.2) is 0 Å². The third-order valence-electron chi connectivity index (χ3n) is 3.16. The Morgan fingerprint density at radius 3 is 2.69 bits per heavy atom. The van der Waals surface area contributed by atoms with Gasteiger partial charge >= 0.3 is 0 Å². The highest BCUT2D eigenvalue weighted by molar-refractivity contribution is 5.08. The number of hydrogen-bond donors (Lipinski definition) is 1. The number of nitrogens with zero attached hydrogens (tertiary/aromatic N) is 2. The number of hydrogen-bond acceptors (Lipinski definition) is 3. The molecule has 0 spiro atoms. The fourth-order valence-electron chi connectivity index (χ4n) is 1.76. The minimum Gasteiger partial charge on any atom is -0.377 e. The molecule has 0 fully saturated rings. The van der Waals surface area contributed by atoms with E-state index in [1.165, 1.54) is 5.56 Å². The molecule has 4 heteroatoms. The van der Waals surface area contributed by atoms with Crippen molar-refractivity contribution in [1.82, 2.24) is 15.1 Å². The molecular weight excluding hydrogens is 202 g/mol. The summed E-state index contributed by atoms with van der Waals surface area (Å²) < 4.78 is 7.45. The van der Waals surface area contributed by atoms with Crippen molar-refractivity contribution in [3.8, 4) is 0 Å². The van der Waals surface area contributed by atoms with Crippen molar-refractivity contribution in [2.24, 2.45) is 0 Å². The quantitative estimate of drug-likeness (QED) is 0.796. The molecule has 1 heterocycles. The Balaban J connectivity index is 2.70. The minimum absolute atomic E-state index is 0.178. The van der Waals surface area contributed by atoms with E-state index >= 15 is 0 Å². The molecule has 0 radical (unpaired) electrons. The topological polar surface area (TPSA) is 39.1 Å². The Hall–Kier alpha value is -0.870. The molecule has 0 saturated carbocycles. The third-order valence-corrected chi connectivity index (χ3v) is 3.16. The zero-order valence-electron chi connectivity index (χ0n) is 10.9. The second-order valence-corrected chi connectivity index (χ2v) is 4.56. The molecule has 0 aliphatic heterocycles. The van der Waals surface area contributed by atoms with Crippen LogP contribution in [0.1, 0.15) is 26.3 Å². The predicted molar refractivity (Wildman–Crippen MR) is 65.5 cm³/mol. The minimum atomic E-state index is -0.178. The van der Waals surface area contributed by atoms with E-state index in [2.05, 4.69) is 37.4 Å². The first-order valence-electron chi connectivity index (χ1n) is 5.77. The first-order chi connectivity index (χ1) is 7.53. The molecule has 92 valence electrons. The fraction of sp³-hybridized carbons (Fsp3) is 0.750. The summed E-state index contributed by atoms with van der Waals surface area (Å²) in [6.45, 7) is 7.19. The van der Waals surface area contributed by atoms with Gasteiger partial charge in [0, 0.05) is 25.9 Å². The van der Waals surface area contributed by atoms with Crippen molar-refractivity contribution < 1.29 is 4.74 Å². The van der Waals surface area contributed by atoms with Gasteiger partial charge in [0.05, 0.1) is 11.8 Å². The first-order valence-corrected chi connectivity index (χ1v) is 5.77. The van der Waals surface area contributed by atoms with Gasteiger partial charge in [-0.1, -0.05) is 0 Å². The summed E-state index contributed by atoms with van der Waals surface area (Å²) in [5.74, 6) is 0. The lowest BCUT2D eigenvalue weighted by atomic mass is 9.93. The number of rotatable bonds is 6. The second-order valence-electron chi connectivity index (χ2n) is 4.56. The molecule has 0 amide bonds. The van der Waals surface area contributed by atoms with Crippen LogP contribution in [0.2, 0.25) is 0 Å². The van der Waals surface area contributed by atoms with Gasteiger partial charge in [-0.3, -0.25) is 4.68 Å². The fourth-order valence-corrected chi connectivity index (χ4v) is 1.76. The zero-order chi connectivity index (χ0) is 12.2. The van der Waals surface area contributed by atoms with E-state index in [-0.39, 0.29) is 11.6 Å². The Morgan fingerprint density at radius 2 is 2.25 bits per heavy atom. The first kappa shape index (κ1) is 13.2. The maximum absolute atomic E-state index is 5.51. The van der Waals surface area contributed by atoms with Crippen LogP contribution in [-0.4, -0.2) is 35.6 Å². The molecule has 1 rings (SSSR count). The lowest BCUT2D eigenvalue weighted by molar-refractivity contribution is -0.00797. The highest BCUT2D eigenvalue weighted by Gasteiger charge is 2.28. The number of aryl methyl sites for hydroxylation is 1. The van der Waals surface area contributed by atoms with E-state index in [1.54, 1.807) is 7.11 Å². The van der Waals surface area contributed by atoms with Crippen LogP contribution in [0, 0.1) is 0 Å². The van der Waals surface area contributed by atoms with Crippen molar-refractivity contribution in [2.45, 2.75) is 45.4 Å². The molecule has 0 saturated heterocycles. The molecule has 1 unspecified atom stereocenters. The highest BCUT2D eigenvalue weighted by atomic mass is 16.5. The monoisotopic (exact) mass is 225 g/mol. The van der Waals surface area contributed by atoms with Crippen LogP contribution in [0.15, 0.2) is 12.4 Å². The summed E-state index contributed by atoms with van der Waals surface area (Å²) >= 11 is 0. The van der Waals surface area contributed by atoms with Crippen molar-refractivity contribution in [1.29, 1.82) is 0 Å². The van der Waals surface area contributed by atoms with Crippen LogP contribution in [0.4, 0.5) is 0 Å². The number of nitrogens with one attached hydrogen (secondary N) is 1. The molecule has 1 aromatic rings. The Morgan fingerprint density at radius 1 is 1.56 bits per heavy atom. The number of aromatic nitrogens is 2. The van der Waals surface area contributed by atoms with Crippen LogP contribution in [0.5, 0.6) is 0 Å². The molecule has 1 atom stereocenters. The van der Waals surface area contributed by atoms with Gasteiger partial charge < -0.3 is 10.1 Å². The SMILES string of the molecule is CCn1cc(CC(NC)C(C)(C)OC)cn1. The van der Waals surface area contributed by atoms with Crippen LogP contribution >= 0.6 is 0 Å². The van der Waals surface area contributed by atoms with E-state index in [9.17, 15) is 0 Å². The van der Waals surface area contributed by atoms with Crippen molar-refractivity contribution in [2.75, 3.05) is 14.2 Å². The van der Waals surface area contributed by atoms with Crippen LogP contribution < -0.4 is 5.32 Å². The number of methoxy groups -OCH3 is 1. The van der Waals surface area contributed by atoms with Gasteiger partial charge in [0.2, 0.25) is 0 Å². The van der Waals surface area contributed by atoms with Crippen molar-refractivity contribution in [3.63, 3.8) is 0 Å². The van der Waals surface area contributed by atoms with Gasteiger partial charge in [0.15, 0.2) is 0 Å². The normalized spacial score (nSPS) is 14.1. The molecule has 0 aliphatic rings. The molecule has 0 aromatic carbocycles. The van der Waals surface area contributed by atoms with Crippen molar-refractivity contribution >= 4 is 0 Å². The Bertz CT molecular complexity index is 320. The average Bonchev–Trinajstić information content (AvgIpc) is 2.73. The van der Waals surface area contributed by atoms with Gasteiger partial charge in [0.25, 0.3) is 0 Å². The van der Waals surface area contributed by atoms with Crippen LogP contribution in [-0.2, 0) is 17.7 Å². The smallest absolute Gasteiger partial charge is 0.0778 e. The number of likely N-dealkylation sites (N-methyl/N-ethyl adjacent to an activating group) is 1. The van der Waals surface area contributed by atoms with E-state index in [0.29, 0.717) is 0 Å². The largest absolute Gasteiger partial charge is 0.377 e. The molecule has 1 aromatic heterocycles. The maximum atomic E-state index is 5.51. The zero-order valence-corrected chi connectivity index (χ0v) is 10.9. The molecular formula is C12H23N3O. The summed E-state index contributed by atoms with van der Waals surface area (Å²) in [6.07, 6.45) is 4.95. The van der Waals surface area contributed by atoms with E-state index in [1.807, 2.05) is 17.9 Å². The summed E-state index contributed by atoms with van der Waals surface area (Å²) in [7, 11) is 3.72. The third kappa shape index (κ3) is 3.06. The van der Waals surface area contributed by atoms with E-state index < -0.39 is 0 Å². The molecule has 1 N–H and O–H groups in total.